The number of nitrogens with zero attached hydrogens (tertiary/aromatic N) is 1. The van der Waals surface area contributed by atoms with Crippen LogP contribution in [0.3, 0.4) is 0 Å². The van der Waals surface area contributed by atoms with Crippen molar-refractivity contribution in [2.75, 3.05) is 12.4 Å². The number of ether oxygens (including phenoxy) is 2. The fraction of sp³-hybridized carbons (Fsp3) is 0.120. The van der Waals surface area contributed by atoms with Crippen molar-refractivity contribution < 1.29 is 14.3 Å². The van der Waals surface area contributed by atoms with Gasteiger partial charge in [0, 0.05) is 25.8 Å². The van der Waals surface area contributed by atoms with Gasteiger partial charge in [-0.2, -0.15) is 5.26 Å². The maximum atomic E-state index is 12.6. The number of nitriles is 1. The van der Waals surface area contributed by atoms with Crippen LogP contribution in [0.25, 0.3) is 6.08 Å². The van der Waals surface area contributed by atoms with E-state index in [1.54, 1.807) is 36.4 Å². The van der Waals surface area contributed by atoms with E-state index in [0.29, 0.717) is 37.3 Å². The molecule has 3 aromatic carbocycles. The standard InChI is InChI=1S/C25H19BrCl2N2O3/c1-15-7-8-19(11-22(15)28)30-25(31)18(13-29)9-17-10-23(32-2)24(12-20(17)26)33-14-16-5-3-4-6-21(16)27/h3-12H,14H2,1-2H3,(H,30,31)/b18-9-. The molecule has 0 aliphatic heterocycles. The Bertz CT molecular complexity index is 1270. The Morgan fingerprint density at radius 3 is 2.55 bits per heavy atom. The summed E-state index contributed by atoms with van der Waals surface area (Å²) in [4.78, 5) is 12.6. The molecule has 0 heterocycles. The minimum atomic E-state index is -0.553. The van der Waals surface area contributed by atoms with Gasteiger partial charge in [-0.15, -0.1) is 0 Å². The van der Waals surface area contributed by atoms with E-state index in [4.69, 9.17) is 32.7 Å². The van der Waals surface area contributed by atoms with Crippen LogP contribution in [0, 0.1) is 18.3 Å². The molecule has 0 radical (unpaired) electrons. The maximum absolute atomic E-state index is 12.6. The molecule has 3 rings (SSSR count). The average molecular weight is 546 g/mol. The lowest BCUT2D eigenvalue weighted by Gasteiger charge is -2.14. The molecule has 0 saturated heterocycles. The topological polar surface area (TPSA) is 71.3 Å². The molecule has 0 aromatic heterocycles. The Hall–Kier alpha value is -2.98. The van der Waals surface area contributed by atoms with Crippen molar-refractivity contribution in [3.8, 4) is 17.6 Å². The van der Waals surface area contributed by atoms with Gasteiger partial charge in [0.1, 0.15) is 18.2 Å². The number of nitrogens with one attached hydrogen (secondary N) is 1. The highest BCUT2D eigenvalue weighted by Crippen LogP contribution is 2.35. The summed E-state index contributed by atoms with van der Waals surface area (Å²) in [5, 5.41) is 13.4. The summed E-state index contributed by atoms with van der Waals surface area (Å²) < 4.78 is 12.0. The zero-order valence-electron chi connectivity index (χ0n) is 17.8. The Kier molecular flexibility index (Phi) is 8.40. The maximum Gasteiger partial charge on any atom is 0.266 e. The van der Waals surface area contributed by atoms with Crippen LogP contribution in [-0.4, -0.2) is 13.0 Å². The molecule has 0 fully saturated rings. The molecule has 0 atom stereocenters. The first-order chi connectivity index (χ1) is 15.8. The Labute approximate surface area is 210 Å². The van der Waals surface area contributed by atoms with Gasteiger partial charge in [0.2, 0.25) is 0 Å². The first-order valence-electron chi connectivity index (χ1n) is 9.75. The molecule has 0 aliphatic carbocycles. The first-order valence-corrected chi connectivity index (χ1v) is 11.3. The van der Waals surface area contributed by atoms with Crippen LogP contribution < -0.4 is 14.8 Å². The van der Waals surface area contributed by atoms with Gasteiger partial charge in [-0.3, -0.25) is 4.79 Å². The van der Waals surface area contributed by atoms with Crippen LogP contribution >= 0.6 is 39.1 Å². The van der Waals surface area contributed by atoms with Crippen LogP contribution in [0.2, 0.25) is 10.0 Å². The molecule has 33 heavy (non-hydrogen) atoms. The SMILES string of the molecule is COc1cc(/C=C(/C#N)C(=O)Nc2ccc(C)c(Cl)c2)c(Br)cc1OCc1ccccc1Cl. The molecule has 168 valence electrons. The number of hydrogen-bond donors (Lipinski definition) is 1. The second-order valence-electron chi connectivity index (χ2n) is 6.99. The highest BCUT2D eigenvalue weighted by molar-refractivity contribution is 9.10. The van der Waals surface area contributed by atoms with E-state index in [1.807, 2.05) is 31.2 Å². The molecule has 0 spiro atoms. The van der Waals surface area contributed by atoms with E-state index < -0.39 is 5.91 Å². The highest BCUT2D eigenvalue weighted by Gasteiger charge is 2.15. The third kappa shape index (κ3) is 6.29. The summed E-state index contributed by atoms with van der Waals surface area (Å²) in [5.74, 6) is 0.376. The van der Waals surface area contributed by atoms with Gasteiger partial charge in [0.15, 0.2) is 11.5 Å². The third-order valence-corrected chi connectivity index (χ3v) is 6.18. The number of anilines is 1. The van der Waals surface area contributed by atoms with E-state index in [9.17, 15) is 10.1 Å². The molecular weight excluding hydrogens is 527 g/mol. The number of carbonyl (C=O) groups is 1. The zero-order valence-corrected chi connectivity index (χ0v) is 20.9. The van der Waals surface area contributed by atoms with Gasteiger partial charge in [-0.25, -0.2) is 0 Å². The molecule has 5 nitrogen and oxygen atoms in total. The van der Waals surface area contributed by atoms with Crippen molar-refractivity contribution in [2.45, 2.75) is 13.5 Å². The predicted octanol–water partition coefficient (Wildman–Crippen LogP) is 7.20. The van der Waals surface area contributed by atoms with Crippen LogP contribution in [0.4, 0.5) is 5.69 Å². The molecule has 0 saturated carbocycles. The predicted molar refractivity (Wildman–Crippen MR) is 135 cm³/mol. The Morgan fingerprint density at radius 2 is 1.88 bits per heavy atom. The number of halogens is 3. The van der Waals surface area contributed by atoms with Crippen LogP contribution in [0.1, 0.15) is 16.7 Å². The minimum absolute atomic E-state index is 0.0841. The van der Waals surface area contributed by atoms with Gasteiger partial charge >= 0.3 is 0 Å². The molecular formula is C25H19BrCl2N2O3. The largest absolute Gasteiger partial charge is 0.493 e. The molecule has 3 aromatic rings. The van der Waals surface area contributed by atoms with Crippen molar-refractivity contribution in [1.82, 2.24) is 0 Å². The van der Waals surface area contributed by atoms with Gasteiger partial charge in [0.05, 0.1) is 7.11 Å². The van der Waals surface area contributed by atoms with Crippen molar-refractivity contribution in [2.24, 2.45) is 0 Å². The van der Waals surface area contributed by atoms with Crippen LogP contribution in [-0.2, 0) is 11.4 Å². The fourth-order valence-corrected chi connectivity index (χ4v) is 3.69. The quantitative estimate of drug-likeness (QED) is 0.252. The highest BCUT2D eigenvalue weighted by atomic mass is 79.9. The Balaban J connectivity index is 1.83. The number of carbonyl (C=O) groups excluding carboxylic acids is 1. The van der Waals surface area contributed by atoms with E-state index in [0.717, 1.165) is 11.1 Å². The summed E-state index contributed by atoms with van der Waals surface area (Å²) >= 11 is 15.8. The van der Waals surface area contributed by atoms with Gasteiger partial charge in [-0.1, -0.05) is 63.4 Å². The lowest BCUT2D eigenvalue weighted by atomic mass is 10.1. The van der Waals surface area contributed by atoms with Crippen molar-refractivity contribution >= 4 is 56.8 Å². The number of rotatable bonds is 7. The van der Waals surface area contributed by atoms with E-state index in [1.165, 1.54) is 13.2 Å². The molecule has 0 unspecified atom stereocenters. The summed E-state index contributed by atoms with van der Waals surface area (Å²) in [6.07, 6.45) is 1.47. The second-order valence-corrected chi connectivity index (χ2v) is 8.66. The molecule has 8 heteroatoms. The second kappa shape index (κ2) is 11.2. The Morgan fingerprint density at radius 1 is 1.12 bits per heavy atom. The summed E-state index contributed by atoms with van der Waals surface area (Å²) in [6, 6.07) is 17.9. The van der Waals surface area contributed by atoms with Gasteiger partial charge in [-0.05, 0) is 54.5 Å². The molecule has 0 aliphatic rings. The van der Waals surface area contributed by atoms with Crippen molar-refractivity contribution in [3.63, 3.8) is 0 Å². The average Bonchev–Trinajstić information content (AvgIpc) is 2.80. The number of aryl methyl sites for hydroxylation is 1. The van der Waals surface area contributed by atoms with E-state index in [-0.39, 0.29) is 12.2 Å². The van der Waals surface area contributed by atoms with Gasteiger partial charge < -0.3 is 14.8 Å². The van der Waals surface area contributed by atoms with Crippen LogP contribution in [0.5, 0.6) is 11.5 Å². The van der Waals surface area contributed by atoms with E-state index >= 15 is 0 Å². The summed E-state index contributed by atoms with van der Waals surface area (Å²) in [6.45, 7) is 2.11. The van der Waals surface area contributed by atoms with Crippen molar-refractivity contribution in [1.29, 1.82) is 5.26 Å². The number of methoxy groups -OCH3 is 1. The smallest absolute Gasteiger partial charge is 0.266 e. The molecule has 1 amide bonds. The number of hydrogen-bond acceptors (Lipinski definition) is 4. The first kappa shape index (κ1) is 24.7. The lowest BCUT2D eigenvalue weighted by molar-refractivity contribution is -0.112. The van der Waals surface area contributed by atoms with E-state index in [2.05, 4.69) is 21.2 Å². The monoisotopic (exact) mass is 544 g/mol. The number of benzene rings is 3. The number of amides is 1. The lowest BCUT2D eigenvalue weighted by Crippen LogP contribution is -2.13. The minimum Gasteiger partial charge on any atom is -0.493 e. The fourth-order valence-electron chi connectivity index (χ4n) is 2.88. The molecule has 1 N–H and O–H groups in total. The summed E-state index contributed by atoms with van der Waals surface area (Å²) in [5.41, 5.74) is 2.71. The molecule has 0 bridgehead atoms. The summed E-state index contributed by atoms with van der Waals surface area (Å²) in [7, 11) is 1.51. The zero-order chi connectivity index (χ0) is 24.0. The van der Waals surface area contributed by atoms with Crippen molar-refractivity contribution in [3.05, 3.63) is 91.4 Å². The normalized spacial score (nSPS) is 11.0. The third-order valence-electron chi connectivity index (χ3n) is 4.72. The van der Waals surface area contributed by atoms with Crippen LogP contribution in [0.15, 0.2) is 64.6 Å². The van der Waals surface area contributed by atoms with Gasteiger partial charge in [0.25, 0.3) is 5.91 Å².